The quantitative estimate of drug-likeness (QED) is 0.549. The lowest BCUT2D eigenvalue weighted by molar-refractivity contribution is 0.0949. The number of nitrogens with zero attached hydrogens (tertiary/aromatic N) is 4. The van der Waals surface area contributed by atoms with E-state index in [1.807, 2.05) is 44.3 Å². The zero-order valence-corrected chi connectivity index (χ0v) is 19.3. The fourth-order valence-electron chi connectivity index (χ4n) is 4.18. The molecule has 3 heterocycles. The summed E-state index contributed by atoms with van der Waals surface area (Å²) >= 11 is 0. The molecule has 8 nitrogen and oxygen atoms in total. The fraction of sp³-hybridized carbons (Fsp3) is 0.360. The van der Waals surface area contributed by atoms with Gasteiger partial charge in [-0.2, -0.15) is 0 Å². The summed E-state index contributed by atoms with van der Waals surface area (Å²) in [6.45, 7) is 4.99. The van der Waals surface area contributed by atoms with Crippen LogP contribution >= 0.6 is 0 Å². The van der Waals surface area contributed by atoms with Crippen molar-refractivity contribution in [1.82, 2.24) is 25.2 Å². The van der Waals surface area contributed by atoms with E-state index in [-0.39, 0.29) is 11.8 Å². The van der Waals surface area contributed by atoms with Gasteiger partial charge in [0.25, 0.3) is 5.91 Å². The second-order valence-corrected chi connectivity index (χ2v) is 8.24. The second-order valence-electron chi connectivity index (χ2n) is 8.24. The minimum atomic E-state index is -0.175. The molecule has 0 saturated carbocycles. The number of likely N-dealkylation sites (tertiary alicyclic amines) is 1. The summed E-state index contributed by atoms with van der Waals surface area (Å²) in [7, 11) is 3.52. The van der Waals surface area contributed by atoms with Gasteiger partial charge in [0.2, 0.25) is 0 Å². The lowest BCUT2D eigenvalue weighted by Crippen LogP contribution is -2.25. The van der Waals surface area contributed by atoms with Gasteiger partial charge in [-0.3, -0.25) is 9.69 Å². The van der Waals surface area contributed by atoms with Crippen LogP contribution in [-0.2, 0) is 13.1 Å². The molecule has 2 N–H and O–H groups in total. The van der Waals surface area contributed by atoms with Crippen LogP contribution in [0.2, 0.25) is 0 Å². The number of pyridine rings is 1. The van der Waals surface area contributed by atoms with Crippen molar-refractivity contribution < 1.29 is 9.53 Å². The first-order chi connectivity index (χ1) is 16.1. The maximum Gasteiger partial charge on any atom is 0.254 e. The van der Waals surface area contributed by atoms with Gasteiger partial charge in [-0.15, -0.1) is 0 Å². The van der Waals surface area contributed by atoms with Crippen LogP contribution in [0.3, 0.4) is 0 Å². The molecule has 0 unspecified atom stereocenters. The Labute approximate surface area is 194 Å². The Balaban J connectivity index is 1.36. The first-order valence-electron chi connectivity index (χ1n) is 11.2. The maximum absolute atomic E-state index is 12.7. The van der Waals surface area contributed by atoms with Gasteiger partial charge in [-0.1, -0.05) is 18.2 Å². The minimum absolute atomic E-state index is 0.175. The van der Waals surface area contributed by atoms with Crippen molar-refractivity contribution in [1.29, 1.82) is 0 Å². The van der Waals surface area contributed by atoms with Gasteiger partial charge in [0, 0.05) is 50.6 Å². The number of hydrogen-bond acceptors (Lipinski definition) is 7. The number of nitrogens with one attached hydrogen (secondary N) is 2. The predicted molar refractivity (Wildman–Crippen MR) is 127 cm³/mol. The highest BCUT2D eigenvalue weighted by Gasteiger charge is 2.27. The van der Waals surface area contributed by atoms with Crippen molar-refractivity contribution in [3.8, 4) is 5.75 Å². The van der Waals surface area contributed by atoms with Crippen LogP contribution in [0, 0.1) is 6.92 Å². The highest BCUT2D eigenvalue weighted by Crippen LogP contribution is 2.27. The molecule has 4 rings (SSSR count). The molecule has 1 aliphatic heterocycles. The Kier molecular flexibility index (Phi) is 7.14. The molecule has 33 heavy (non-hydrogen) atoms. The Morgan fingerprint density at radius 1 is 1.24 bits per heavy atom. The number of aryl methyl sites for hydroxylation is 1. The predicted octanol–water partition coefficient (Wildman–Crippen LogP) is 3.15. The summed E-state index contributed by atoms with van der Waals surface area (Å²) < 4.78 is 5.24. The topological polar surface area (TPSA) is 92.3 Å². The van der Waals surface area contributed by atoms with Gasteiger partial charge < -0.3 is 15.4 Å². The Hall–Kier alpha value is -3.52. The van der Waals surface area contributed by atoms with E-state index in [2.05, 4.69) is 31.6 Å². The number of rotatable bonds is 8. The first-order valence-corrected chi connectivity index (χ1v) is 11.2. The first kappa shape index (κ1) is 22.7. The molecule has 1 aromatic carbocycles. The van der Waals surface area contributed by atoms with Crippen molar-refractivity contribution in [2.24, 2.45) is 0 Å². The zero-order chi connectivity index (χ0) is 23.2. The van der Waals surface area contributed by atoms with E-state index < -0.39 is 0 Å². The molecule has 1 saturated heterocycles. The molecule has 2 aromatic heterocycles. The van der Waals surface area contributed by atoms with Crippen molar-refractivity contribution in [2.75, 3.05) is 32.6 Å². The molecular formula is C25H30N6O2. The fourth-order valence-corrected chi connectivity index (χ4v) is 4.18. The van der Waals surface area contributed by atoms with Crippen LogP contribution in [-0.4, -0.2) is 53.0 Å². The molecule has 1 aliphatic rings. The summed E-state index contributed by atoms with van der Waals surface area (Å²) in [5.74, 6) is 2.57. The molecule has 172 valence electrons. The number of methoxy groups -OCH3 is 1. The Morgan fingerprint density at radius 3 is 2.91 bits per heavy atom. The van der Waals surface area contributed by atoms with Gasteiger partial charge in [0.1, 0.15) is 17.4 Å². The van der Waals surface area contributed by atoms with E-state index in [1.165, 1.54) is 5.56 Å². The number of amides is 1. The largest absolute Gasteiger partial charge is 0.497 e. The van der Waals surface area contributed by atoms with Crippen molar-refractivity contribution in [3.63, 3.8) is 0 Å². The number of aromatic nitrogens is 3. The molecule has 0 aliphatic carbocycles. The number of benzene rings is 1. The molecule has 0 radical (unpaired) electrons. The van der Waals surface area contributed by atoms with E-state index in [0.29, 0.717) is 17.8 Å². The standard InChI is InChI=1S/C25H30N6O2/c1-17-22(25(32)29-13-18-6-4-8-21(12-18)33-3)14-28-24(30-17)20-9-11-31(16-20)15-19-7-5-10-27-23(19)26-2/h4-8,10,12,14,20H,9,11,13,15-16H2,1-3H3,(H,26,27)(H,29,32)/t20-/m1/s1. The van der Waals surface area contributed by atoms with Crippen LogP contribution in [0.5, 0.6) is 5.75 Å². The number of carbonyl (C=O) groups excluding carboxylic acids is 1. The third-order valence-electron chi connectivity index (χ3n) is 5.99. The SMILES string of the molecule is CNc1ncccc1CN1CC[C@@H](c2ncc(C(=O)NCc3cccc(OC)c3)c(C)n2)C1. The van der Waals surface area contributed by atoms with Gasteiger partial charge in [-0.25, -0.2) is 15.0 Å². The second kappa shape index (κ2) is 10.4. The molecule has 0 bridgehead atoms. The zero-order valence-electron chi connectivity index (χ0n) is 19.3. The van der Waals surface area contributed by atoms with E-state index >= 15 is 0 Å². The van der Waals surface area contributed by atoms with E-state index in [9.17, 15) is 4.79 Å². The number of carbonyl (C=O) groups is 1. The van der Waals surface area contributed by atoms with Crippen LogP contribution < -0.4 is 15.4 Å². The van der Waals surface area contributed by atoms with E-state index in [0.717, 1.165) is 49.0 Å². The number of hydrogen-bond donors (Lipinski definition) is 2. The Morgan fingerprint density at radius 2 is 2.12 bits per heavy atom. The molecule has 3 aromatic rings. The van der Waals surface area contributed by atoms with Gasteiger partial charge in [0.15, 0.2) is 0 Å². The normalized spacial score (nSPS) is 15.9. The van der Waals surface area contributed by atoms with E-state index in [1.54, 1.807) is 19.5 Å². The van der Waals surface area contributed by atoms with Crippen LogP contribution in [0.1, 0.15) is 45.3 Å². The highest BCUT2D eigenvalue weighted by atomic mass is 16.5. The van der Waals surface area contributed by atoms with Crippen LogP contribution in [0.25, 0.3) is 0 Å². The molecule has 1 atom stereocenters. The summed E-state index contributed by atoms with van der Waals surface area (Å²) in [5.41, 5.74) is 3.36. The summed E-state index contributed by atoms with van der Waals surface area (Å²) in [5, 5.41) is 6.10. The lowest BCUT2D eigenvalue weighted by Gasteiger charge is -2.17. The molecule has 0 spiro atoms. The maximum atomic E-state index is 12.7. The summed E-state index contributed by atoms with van der Waals surface area (Å²) in [4.78, 5) is 28.7. The van der Waals surface area contributed by atoms with Crippen LogP contribution in [0.15, 0.2) is 48.8 Å². The van der Waals surface area contributed by atoms with Crippen molar-refractivity contribution in [2.45, 2.75) is 32.4 Å². The third-order valence-corrected chi connectivity index (χ3v) is 5.99. The average molecular weight is 447 g/mol. The molecule has 8 heteroatoms. The van der Waals surface area contributed by atoms with Gasteiger partial charge in [-0.05, 0) is 43.7 Å². The van der Waals surface area contributed by atoms with Gasteiger partial charge in [0.05, 0.1) is 18.4 Å². The lowest BCUT2D eigenvalue weighted by atomic mass is 10.1. The Bertz CT molecular complexity index is 1120. The third kappa shape index (κ3) is 5.46. The average Bonchev–Trinajstić information content (AvgIpc) is 3.31. The summed E-state index contributed by atoms with van der Waals surface area (Å²) in [6, 6.07) is 11.7. The molecule has 1 amide bonds. The molecular weight excluding hydrogens is 416 g/mol. The van der Waals surface area contributed by atoms with Crippen molar-refractivity contribution >= 4 is 11.7 Å². The molecule has 1 fully saturated rings. The van der Waals surface area contributed by atoms with Crippen molar-refractivity contribution in [3.05, 3.63) is 77.0 Å². The van der Waals surface area contributed by atoms with Crippen LogP contribution in [0.4, 0.5) is 5.82 Å². The van der Waals surface area contributed by atoms with E-state index in [4.69, 9.17) is 9.72 Å². The monoisotopic (exact) mass is 446 g/mol. The minimum Gasteiger partial charge on any atom is -0.497 e. The highest BCUT2D eigenvalue weighted by molar-refractivity contribution is 5.94. The smallest absolute Gasteiger partial charge is 0.254 e. The van der Waals surface area contributed by atoms with Gasteiger partial charge >= 0.3 is 0 Å². The number of anilines is 1. The summed E-state index contributed by atoms with van der Waals surface area (Å²) in [6.07, 6.45) is 4.45. The number of ether oxygens (including phenoxy) is 1.